The number of nitrogens with zero attached hydrogens (tertiary/aromatic N) is 2. The van der Waals surface area contributed by atoms with Crippen molar-refractivity contribution < 1.29 is 5.21 Å². The smallest absolute Gasteiger partial charge is 0.0630 e. The number of hydrogen-bond acceptors (Lipinski definition) is 4. The van der Waals surface area contributed by atoms with Gasteiger partial charge in [-0.3, -0.25) is 0 Å². The van der Waals surface area contributed by atoms with Gasteiger partial charge in [0.05, 0.1) is 12.3 Å². The predicted octanol–water partition coefficient (Wildman–Crippen LogP) is 6.94. The van der Waals surface area contributed by atoms with Gasteiger partial charge in [0.25, 0.3) is 0 Å². The van der Waals surface area contributed by atoms with Crippen LogP contribution in [0, 0.1) is 11.3 Å². The molecule has 0 aliphatic rings. The van der Waals surface area contributed by atoms with Crippen molar-refractivity contribution >= 4 is 18.0 Å². The van der Waals surface area contributed by atoms with Gasteiger partial charge in [0.2, 0.25) is 0 Å². The van der Waals surface area contributed by atoms with Crippen LogP contribution in [0.1, 0.15) is 103 Å². The molecule has 0 aromatic heterocycles. The third-order valence-electron chi connectivity index (χ3n) is 4.37. The lowest BCUT2D eigenvalue weighted by Gasteiger charge is -2.10. The van der Waals surface area contributed by atoms with Crippen molar-refractivity contribution in [3.05, 3.63) is 0 Å². The van der Waals surface area contributed by atoms with E-state index in [0.717, 1.165) is 12.2 Å². The summed E-state index contributed by atoms with van der Waals surface area (Å²) in [4.78, 5) is 0. The largest absolute Gasteiger partial charge is 0.411 e. The summed E-state index contributed by atoms with van der Waals surface area (Å²) in [7, 11) is 0. The first kappa shape index (κ1) is 23.3. The van der Waals surface area contributed by atoms with Gasteiger partial charge in [-0.25, -0.2) is 0 Å². The number of thioether (sulfide) groups is 1. The average Bonchev–Trinajstić information content (AvgIpc) is 2.59. The maximum Gasteiger partial charge on any atom is 0.0630 e. The molecule has 0 bridgehead atoms. The summed E-state index contributed by atoms with van der Waals surface area (Å²) >= 11 is 1.72. The Labute approximate surface area is 154 Å². The fourth-order valence-corrected chi connectivity index (χ4v) is 3.88. The zero-order chi connectivity index (χ0) is 17.7. The summed E-state index contributed by atoms with van der Waals surface area (Å²) in [5.74, 6) is 0.825. The summed E-state index contributed by atoms with van der Waals surface area (Å²) in [5, 5.41) is 20.7. The molecule has 0 saturated heterocycles. The summed E-state index contributed by atoms with van der Waals surface area (Å²) in [6.07, 6.45) is 21.0. The Morgan fingerprint density at radius 2 is 1.42 bits per heavy atom. The molecular formula is C20H38N2OS. The SMILES string of the molecule is CCCCCCCCCCCCCCCC(C=NO)SCCC#N. The number of oxime groups is 1. The van der Waals surface area contributed by atoms with E-state index < -0.39 is 0 Å². The van der Waals surface area contributed by atoms with Crippen LogP contribution in [0.2, 0.25) is 0 Å². The molecule has 1 N–H and O–H groups in total. The van der Waals surface area contributed by atoms with Gasteiger partial charge in [0.1, 0.15) is 0 Å². The third kappa shape index (κ3) is 17.7. The number of nitriles is 1. The molecule has 0 radical (unpaired) electrons. The highest BCUT2D eigenvalue weighted by molar-refractivity contribution is 8.00. The molecule has 0 spiro atoms. The molecule has 4 heteroatoms. The van der Waals surface area contributed by atoms with E-state index in [1.54, 1.807) is 18.0 Å². The lowest BCUT2D eigenvalue weighted by Crippen LogP contribution is -2.05. The normalized spacial score (nSPS) is 12.5. The van der Waals surface area contributed by atoms with E-state index in [1.165, 1.54) is 83.5 Å². The van der Waals surface area contributed by atoms with Gasteiger partial charge in [0.15, 0.2) is 0 Å². The van der Waals surface area contributed by atoms with Gasteiger partial charge in [0, 0.05) is 17.4 Å². The van der Waals surface area contributed by atoms with E-state index in [4.69, 9.17) is 10.5 Å². The van der Waals surface area contributed by atoms with E-state index in [9.17, 15) is 0 Å². The van der Waals surface area contributed by atoms with E-state index in [2.05, 4.69) is 18.1 Å². The summed E-state index contributed by atoms with van der Waals surface area (Å²) in [5.41, 5.74) is 0. The molecule has 140 valence electrons. The third-order valence-corrected chi connectivity index (χ3v) is 5.60. The second-order valence-electron chi connectivity index (χ2n) is 6.61. The van der Waals surface area contributed by atoms with Gasteiger partial charge < -0.3 is 5.21 Å². The fraction of sp³-hybridized carbons (Fsp3) is 0.900. The van der Waals surface area contributed by atoms with Crippen molar-refractivity contribution in [3.63, 3.8) is 0 Å². The number of rotatable bonds is 18. The first-order valence-corrected chi connectivity index (χ1v) is 11.1. The molecule has 0 aromatic rings. The minimum absolute atomic E-state index is 0.260. The monoisotopic (exact) mass is 354 g/mol. The standard InChI is InChI=1S/C20H38N2OS/c1-2-3-4-5-6-7-8-9-10-11-12-13-14-16-20(19-22-23)24-18-15-17-21/h19-20,23H,2-16,18H2,1H3. The topological polar surface area (TPSA) is 56.4 Å². The molecule has 0 heterocycles. The fourth-order valence-electron chi connectivity index (χ4n) is 2.89. The van der Waals surface area contributed by atoms with Gasteiger partial charge in [-0.1, -0.05) is 90.4 Å². The van der Waals surface area contributed by atoms with Crippen LogP contribution in [-0.2, 0) is 0 Å². The van der Waals surface area contributed by atoms with Crippen LogP contribution in [0.4, 0.5) is 0 Å². The second kappa shape index (κ2) is 20.4. The van der Waals surface area contributed by atoms with Crippen molar-refractivity contribution in [2.75, 3.05) is 5.75 Å². The van der Waals surface area contributed by atoms with Crippen LogP contribution in [0.5, 0.6) is 0 Å². The van der Waals surface area contributed by atoms with Crippen LogP contribution in [0.3, 0.4) is 0 Å². The lowest BCUT2D eigenvalue weighted by molar-refractivity contribution is 0.320. The molecule has 0 saturated carbocycles. The zero-order valence-electron chi connectivity index (χ0n) is 15.7. The Morgan fingerprint density at radius 3 is 1.88 bits per heavy atom. The molecule has 0 aliphatic heterocycles. The maximum absolute atomic E-state index is 8.69. The molecule has 0 amide bonds. The van der Waals surface area contributed by atoms with Crippen LogP contribution >= 0.6 is 11.8 Å². The number of unbranched alkanes of at least 4 members (excludes halogenated alkanes) is 12. The van der Waals surface area contributed by atoms with Crippen LogP contribution in [-0.4, -0.2) is 22.4 Å². The Hall–Kier alpha value is -0.690. The van der Waals surface area contributed by atoms with Crippen molar-refractivity contribution in [3.8, 4) is 6.07 Å². The van der Waals surface area contributed by atoms with Gasteiger partial charge in [-0.2, -0.15) is 17.0 Å². The highest BCUT2D eigenvalue weighted by atomic mass is 32.2. The predicted molar refractivity (Wildman–Crippen MR) is 107 cm³/mol. The highest BCUT2D eigenvalue weighted by Crippen LogP contribution is 2.18. The Balaban J connectivity index is 3.32. The Bertz CT molecular complexity index is 315. The Kier molecular flexibility index (Phi) is 19.8. The first-order valence-electron chi connectivity index (χ1n) is 10.0. The highest BCUT2D eigenvalue weighted by Gasteiger charge is 2.06. The molecule has 0 rings (SSSR count). The lowest BCUT2D eigenvalue weighted by atomic mass is 10.0. The first-order chi connectivity index (χ1) is 11.8. The maximum atomic E-state index is 8.69. The summed E-state index contributed by atoms with van der Waals surface area (Å²) in [6, 6.07) is 2.15. The van der Waals surface area contributed by atoms with Crippen LogP contribution in [0.25, 0.3) is 0 Å². The molecule has 3 nitrogen and oxygen atoms in total. The van der Waals surface area contributed by atoms with Gasteiger partial charge >= 0.3 is 0 Å². The van der Waals surface area contributed by atoms with Crippen molar-refractivity contribution in [2.24, 2.45) is 5.16 Å². The summed E-state index contributed by atoms with van der Waals surface area (Å²) in [6.45, 7) is 2.27. The van der Waals surface area contributed by atoms with Crippen LogP contribution < -0.4 is 0 Å². The molecule has 1 unspecified atom stereocenters. The van der Waals surface area contributed by atoms with Gasteiger partial charge in [-0.05, 0) is 6.42 Å². The van der Waals surface area contributed by atoms with E-state index in [1.807, 2.05) is 0 Å². The quantitative estimate of drug-likeness (QED) is 0.125. The minimum atomic E-state index is 0.260. The second-order valence-corrected chi connectivity index (χ2v) is 7.96. The molecule has 1 atom stereocenters. The van der Waals surface area contributed by atoms with E-state index in [0.29, 0.717) is 6.42 Å². The van der Waals surface area contributed by atoms with Gasteiger partial charge in [-0.15, -0.1) is 5.16 Å². The number of hydrogen-bond donors (Lipinski definition) is 1. The molecule has 0 aromatic carbocycles. The minimum Gasteiger partial charge on any atom is -0.411 e. The molecular weight excluding hydrogens is 316 g/mol. The summed E-state index contributed by atoms with van der Waals surface area (Å²) < 4.78 is 0. The molecule has 24 heavy (non-hydrogen) atoms. The molecule has 0 fully saturated rings. The van der Waals surface area contributed by atoms with Crippen LogP contribution in [0.15, 0.2) is 5.16 Å². The average molecular weight is 355 g/mol. The van der Waals surface area contributed by atoms with E-state index in [-0.39, 0.29) is 5.25 Å². The van der Waals surface area contributed by atoms with Crippen molar-refractivity contribution in [2.45, 2.75) is 108 Å². The molecule has 0 aliphatic carbocycles. The van der Waals surface area contributed by atoms with Crippen molar-refractivity contribution in [1.82, 2.24) is 0 Å². The zero-order valence-corrected chi connectivity index (χ0v) is 16.5. The van der Waals surface area contributed by atoms with Crippen molar-refractivity contribution in [1.29, 1.82) is 5.26 Å². The van der Waals surface area contributed by atoms with E-state index >= 15 is 0 Å². The Morgan fingerprint density at radius 1 is 0.917 bits per heavy atom.